The van der Waals surface area contributed by atoms with Crippen LogP contribution in [0.25, 0.3) is 0 Å². The third-order valence-corrected chi connectivity index (χ3v) is 5.68. The fraction of sp³-hybridized carbons (Fsp3) is 0.550. The van der Waals surface area contributed by atoms with Crippen LogP contribution in [0.3, 0.4) is 0 Å². The van der Waals surface area contributed by atoms with Crippen molar-refractivity contribution in [3.05, 3.63) is 47.8 Å². The number of hydrogen-bond donors (Lipinski definition) is 0. The van der Waals surface area contributed by atoms with E-state index in [9.17, 15) is 0 Å². The number of ether oxygens (including phenoxy) is 3. The van der Waals surface area contributed by atoms with Crippen LogP contribution in [-0.2, 0) is 23.1 Å². The Morgan fingerprint density at radius 2 is 2.23 bits per heavy atom. The first-order valence-corrected chi connectivity index (χ1v) is 9.12. The Morgan fingerprint density at radius 1 is 1.35 bits per heavy atom. The first-order valence-electron chi connectivity index (χ1n) is 9.12. The fourth-order valence-corrected chi connectivity index (χ4v) is 4.41. The Balaban J connectivity index is 1.48. The molecule has 0 bridgehead atoms. The molecule has 1 spiro atoms. The second-order valence-corrected chi connectivity index (χ2v) is 7.47. The van der Waals surface area contributed by atoms with Gasteiger partial charge in [-0.3, -0.25) is 9.58 Å². The molecule has 4 rings (SSSR count). The van der Waals surface area contributed by atoms with Crippen LogP contribution >= 0.6 is 0 Å². The third-order valence-electron chi connectivity index (χ3n) is 5.68. The summed E-state index contributed by atoms with van der Waals surface area (Å²) in [5, 5.41) is 4.27. The van der Waals surface area contributed by atoms with Gasteiger partial charge in [-0.1, -0.05) is 12.1 Å². The van der Waals surface area contributed by atoms with Crippen molar-refractivity contribution in [3.63, 3.8) is 0 Å². The van der Waals surface area contributed by atoms with Crippen LogP contribution in [0.15, 0.2) is 36.7 Å². The molecule has 2 aliphatic heterocycles. The van der Waals surface area contributed by atoms with Crippen LogP contribution in [0.5, 0.6) is 5.75 Å². The van der Waals surface area contributed by atoms with Crippen molar-refractivity contribution >= 4 is 0 Å². The van der Waals surface area contributed by atoms with Crippen LogP contribution in [0.1, 0.15) is 23.5 Å². The lowest BCUT2D eigenvalue weighted by Crippen LogP contribution is -2.42. The highest BCUT2D eigenvalue weighted by atomic mass is 16.6. The Bertz CT molecular complexity index is 762. The van der Waals surface area contributed by atoms with Crippen LogP contribution in [-0.4, -0.2) is 60.3 Å². The first-order chi connectivity index (χ1) is 12.6. The largest absolute Gasteiger partial charge is 0.497 e. The minimum absolute atomic E-state index is 0.0924. The van der Waals surface area contributed by atoms with Gasteiger partial charge in [0.25, 0.3) is 0 Å². The molecule has 1 aromatic carbocycles. The Hall–Kier alpha value is -1.89. The number of likely N-dealkylation sites (tertiary alicyclic amines) is 1. The predicted molar refractivity (Wildman–Crippen MR) is 98.3 cm³/mol. The second kappa shape index (κ2) is 7.02. The number of aromatic nitrogens is 2. The van der Waals surface area contributed by atoms with Crippen molar-refractivity contribution in [3.8, 4) is 5.75 Å². The standard InChI is InChI=1S/C20H27N3O3/c1-22-10-15(9-21-22)11-23-12-19(25-3)20(14-23)8-17(13-26-20)16-5-4-6-18(7-16)24-2/h4-7,9-10,17,19H,8,11-14H2,1-3H3/t17-,19+,20+/m0/s1. The van der Waals surface area contributed by atoms with Crippen LogP contribution in [0, 0.1) is 0 Å². The summed E-state index contributed by atoms with van der Waals surface area (Å²) < 4.78 is 19.5. The fourth-order valence-electron chi connectivity index (χ4n) is 4.41. The molecular weight excluding hydrogens is 330 g/mol. The summed E-state index contributed by atoms with van der Waals surface area (Å²) in [7, 11) is 5.45. The Labute approximate surface area is 154 Å². The van der Waals surface area contributed by atoms with Gasteiger partial charge in [0.2, 0.25) is 0 Å². The second-order valence-electron chi connectivity index (χ2n) is 7.47. The average molecular weight is 357 g/mol. The van der Waals surface area contributed by atoms with E-state index >= 15 is 0 Å². The molecular formula is C20H27N3O3. The number of aryl methyl sites for hydroxylation is 1. The molecule has 2 aliphatic rings. The highest BCUT2D eigenvalue weighted by molar-refractivity contribution is 5.32. The number of rotatable bonds is 5. The third kappa shape index (κ3) is 3.24. The Kier molecular flexibility index (Phi) is 4.73. The van der Waals surface area contributed by atoms with Gasteiger partial charge in [0.05, 0.1) is 26.0 Å². The quantitative estimate of drug-likeness (QED) is 0.821. The zero-order valence-electron chi connectivity index (χ0n) is 15.7. The number of nitrogens with zero attached hydrogens (tertiary/aromatic N) is 3. The predicted octanol–water partition coefficient (Wildman–Crippen LogP) is 2.20. The lowest BCUT2D eigenvalue weighted by Gasteiger charge is -2.28. The van der Waals surface area contributed by atoms with Crippen molar-refractivity contribution in [2.75, 3.05) is 33.9 Å². The summed E-state index contributed by atoms with van der Waals surface area (Å²) in [5.74, 6) is 1.28. The minimum atomic E-state index is -0.231. The molecule has 26 heavy (non-hydrogen) atoms. The topological polar surface area (TPSA) is 48.8 Å². The number of hydrogen-bond acceptors (Lipinski definition) is 5. The summed E-state index contributed by atoms with van der Waals surface area (Å²) >= 11 is 0. The van der Waals surface area contributed by atoms with Crippen molar-refractivity contribution in [2.24, 2.45) is 7.05 Å². The SMILES string of the molecule is COc1cccc([C@@H]2CO[C@]3(C2)CN(Cc2cnn(C)c2)C[C@H]3OC)c1. The van der Waals surface area contributed by atoms with Gasteiger partial charge < -0.3 is 14.2 Å². The van der Waals surface area contributed by atoms with Crippen molar-refractivity contribution in [1.29, 1.82) is 0 Å². The molecule has 6 heteroatoms. The van der Waals surface area contributed by atoms with E-state index < -0.39 is 0 Å². The molecule has 140 valence electrons. The van der Waals surface area contributed by atoms with Crippen LogP contribution < -0.4 is 4.74 Å². The van der Waals surface area contributed by atoms with E-state index in [-0.39, 0.29) is 11.7 Å². The van der Waals surface area contributed by atoms with Crippen molar-refractivity contribution in [1.82, 2.24) is 14.7 Å². The van der Waals surface area contributed by atoms with Crippen LogP contribution in [0.4, 0.5) is 0 Å². The first kappa shape index (κ1) is 17.5. The van der Waals surface area contributed by atoms with E-state index in [1.54, 1.807) is 14.2 Å². The van der Waals surface area contributed by atoms with Gasteiger partial charge in [0.15, 0.2) is 0 Å². The highest BCUT2D eigenvalue weighted by Gasteiger charge is 2.52. The Morgan fingerprint density at radius 3 is 2.96 bits per heavy atom. The lowest BCUT2D eigenvalue weighted by molar-refractivity contribution is -0.0757. The molecule has 0 saturated carbocycles. The summed E-state index contributed by atoms with van der Waals surface area (Å²) in [6.45, 7) is 3.38. The summed E-state index contributed by atoms with van der Waals surface area (Å²) in [4.78, 5) is 2.42. The lowest BCUT2D eigenvalue weighted by atomic mass is 9.87. The zero-order valence-corrected chi connectivity index (χ0v) is 15.7. The average Bonchev–Trinajstić information content (AvgIpc) is 3.35. The smallest absolute Gasteiger partial charge is 0.119 e. The summed E-state index contributed by atoms with van der Waals surface area (Å²) in [5.41, 5.74) is 2.27. The van der Waals surface area contributed by atoms with Crippen molar-refractivity contribution in [2.45, 2.75) is 30.6 Å². The molecule has 0 radical (unpaired) electrons. The minimum Gasteiger partial charge on any atom is -0.497 e. The van der Waals surface area contributed by atoms with Gasteiger partial charge in [-0.25, -0.2) is 0 Å². The van der Waals surface area contributed by atoms with E-state index in [0.29, 0.717) is 5.92 Å². The van der Waals surface area contributed by atoms with Gasteiger partial charge >= 0.3 is 0 Å². The number of methoxy groups -OCH3 is 2. The maximum Gasteiger partial charge on any atom is 0.119 e. The van der Waals surface area contributed by atoms with Gasteiger partial charge in [0.1, 0.15) is 11.4 Å². The molecule has 2 aromatic rings. The maximum atomic E-state index is 6.39. The summed E-state index contributed by atoms with van der Waals surface area (Å²) in [6, 6.07) is 8.32. The van der Waals surface area contributed by atoms with Crippen LogP contribution in [0.2, 0.25) is 0 Å². The molecule has 2 saturated heterocycles. The van der Waals surface area contributed by atoms with Crippen molar-refractivity contribution < 1.29 is 14.2 Å². The van der Waals surface area contributed by atoms with E-state index in [1.807, 2.05) is 24.0 Å². The van der Waals surface area contributed by atoms with E-state index in [2.05, 4.69) is 34.4 Å². The molecule has 3 atom stereocenters. The molecule has 0 amide bonds. The van der Waals surface area contributed by atoms with Gasteiger partial charge in [-0.05, 0) is 24.1 Å². The van der Waals surface area contributed by atoms with Gasteiger partial charge in [0, 0.05) is 51.5 Å². The zero-order chi connectivity index (χ0) is 18.1. The molecule has 6 nitrogen and oxygen atoms in total. The molecule has 0 unspecified atom stereocenters. The molecule has 0 N–H and O–H groups in total. The van der Waals surface area contributed by atoms with Gasteiger partial charge in [-0.15, -0.1) is 0 Å². The molecule has 3 heterocycles. The molecule has 0 aliphatic carbocycles. The van der Waals surface area contributed by atoms with E-state index in [4.69, 9.17) is 14.2 Å². The molecule has 2 fully saturated rings. The normalized spacial score (nSPS) is 28.9. The van der Waals surface area contributed by atoms with E-state index in [1.165, 1.54) is 11.1 Å². The monoisotopic (exact) mass is 357 g/mol. The summed E-state index contributed by atoms with van der Waals surface area (Å²) in [6.07, 6.45) is 5.07. The number of benzene rings is 1. The van der Waals surface area contributed by atoms with E-state index in [0.717, 1.165) is 38.4 Å². The molecule has 1 aromatic heterocycles. The maximum absolute atomic E-state index is 6.39. The highest BCUT2D eigenvalue weighted by Crippen LogP contribution is 2.44. The van der Waals surface area contributed by atoms with Gasteiger partial charge in [-0.2, -0.15) is 5.10 Å².